The van der Waals surface area contributed by atoms with Gasteiger partial charge in [-0.05, 0) is 80.5 Å². The first-order valence-corrected chi connectivity index (χ1v) is 12.6. The Kier molecular flexibility index (Phi) is 5.93. The van der Waals surface area contributed by atoms with Crippen LogP contribution in [-0.4, -0.2) is 58.8 Å². The molecule has 0 unspecified atom stereocenters. The van der Waals surface area contributed by atoms with Crippen molar-refractivity contribution in [2.45, 2.75) is 58.4 Å². The van der Waals surface area contributed by atoms with Crippen molar-refractivity contribution >= 4 is 17.5 Å². The van der Waals surface area contributed by atoms with E-state index >= 15 is 0 Å². The van der Waals surface area contributed by atoms with E-state index in [-0.39, 0.29) is 24.3 Å². The molecule has 1 saturated heterocycles. The third-order valence-corrected chi connectivity index (χ3v) is 8.88. The molecule has 33 heavy (non-hydrogen) atoms. The van der Waals surface area contributed by atoms with Crippen LogP contribution in [0.25, 0.3) is 5.65 Å². The SMILES string of the molecule is CN(C(=O)Cc1cn2c(C(=O)NC[C@@H]3CC[C@@H]4C[C@H]3C4(C)C)cccc2n1)C1CCNCC1. The zero-order valence-electron chi connectivity index (χ0n) is 20.1. The summed E-state index contributed by atoms with van der Waals surface area (Å²) in [5.74, 6) is 2.16. The van der Waals surface area contributed by atoms with Crippen LogP contribution in [-0.2, 0) is 11.2 Å². The Morgan fingerprint density at radius 1 is 1.21 bits per heavy atom. The second kappa shape index (κ2) is 8.75. The number of nitrogens with one attached hydrogen (secondary N) is 2. The van der Waals surface area contributed by atoms with E-state index in [2.05, 4.69) is 29.5 Å². The second-order valence-electron chi connectivity index (χ2n) is 10.9. The highest BCUT2D eigenvalue weighted by molar-refractivity contribution is 5.93. The van der Waals surface area contributed by atoms with Gasteiger partial charge in [0.15, 0.2) is 0 Å². The zero-order chi connectivity index (χ0) is 23.2. The van der Waals surface area contributed by atoms with Crippen molar-refractivity contribution in [1.29, 1.82) is 0 Å². The highest BCUT2D eigenvalue weighted by Gasteiger charge is 2.53. The number of likely N-dealkylation sites (N-methyl/N-ethyl adjacent to an activating group) is 1. The van der Waals surface area contributed by atoms with Crippen molar-refractivity contribution in [1.82, 2.24) is 24.9 Å². The minimum absolute atomic E-state index is 0.0676. The lowest BCUT2D eigenvalue weighted by Crippen LogP contribution is -2.54. The van der Waals surface area contributed by atoms with Crippen molar-refractivity contribution in [2.75, 3.05) is 26.7 Å². The van der Waals surface area contributed by atoms with Crippen LogP contribution in [0.3, 0.4) is 0 Å². The van der Waals surface area contributed by atoms with E-state index in [0.29, 0.717) is 28.4 Å². The molecule has 7 heteroatoms. The van der Waals surface area contributed by atoms with Gasteiger partial charge in [0.05, 0.1) is 12.1 Å². The van der Waals surface area contributed by atoms with Crippen LogP contribution in [0.15, 0.2) is 24.4 Å². The number of fused-ring (bicyclic) bond motifs is 3. The van der Waals surface area contributed by atoms with Crippen LogP contribution in [0, 0.1) is 23.2 Å². The van der Waals surface area contributed by atoms with Gasteiger partial charge in [0.1, 0.15) is 11.3 Å². The van der Waals surface area contributed by atoms with Gasteiger partial charge in [-0.15, -0.1) is 0 Å². The van der Waals surface area contributed by atoms with Crippen LogP contribution in [0.5, 0.6) is 0 Å². The van der Waals surface area contributed by atoms with Gasteiger partial charge in [0.25, 0.3) is 5.91 Å². The molecular weight excluding hydrogens is 414 g/mol. The standard InChI is InChI=1S/C26H37N5O2/c1-26(2)18-8-7-17(21(26)13-18)15-28-25(33)22-5-4-6-23-29-19(16-31(22)23)14-24(32)30(3)20-9-11-27-12-10-20/h4-6,16-18,20-21,27H,7-15H2,1-3H3,(H,28,33)/t17-,18+,21+/m0/s1. The summed E-state index contributed by atoms with van der Waals surface area (Å²) in [5, 5.41) is 6.54. The highest BCUT2D eigenvalue weighted by atomic mass is 16.2. The fourth-order valence-corrected chi connectivity index (χ4v) is 6.53. The molecule has 6 rings (SSSR count). The predicted octanol–water partition coefficient (Wildman–Crippen LogP) is 2.89. The largest absolute Gasteiger partial charge is 0.350 e. The smallest absolute Gasteiger partial charge is 0.268 e. The van der Waals surface area contributed by atoms with Crippen molar-refractivity contribution in [3.8, 4) is 0 Å². The molecule has 0 spiro atoms. The first-order valence-electron chi connectivity index (χ1n) is 12.6. The molecule has 4 aliphatic rings. The number of carbonyl (C=O) groups excluding carboxylic acids is 2. The van der Waals surface area contributed by atoms with Crippen molar-refractivity contribution in [3.05, 3.63) is 35.8 Å². The number of carbonyl (C=O) groups is 2. The minimum Gasteiger partial charge on any atom is -0.350 e. The summed E-state index contributed by atoms with van der Waals surface area (Å²) in [6, 6.07) is 5.87. The molecule has 0 aromatic carbocycles. The van der Waals surface area contributed by atoms with Gasteiger partial charge < -0.3 is 15.5 Å². The summed E-state index contributed by atoms with van der Waals surface area (Å²) in [6.07, 6.45) is 7.88. The Hall–Kier alpha value is -2.41. The topological polar surface area (TPSA) is 78.7 Å². The predicted molar refractivity (Wildman–Crippen MR) is 128 cm³/mol. The van der Waals surface area contributed by atoms with Gasteiger partial charge in [0.2, 0.25) is 5.91 Å². The number of nitrogens with zero attached hydrogens (tertiary/aromatic N) is 3. The first-order chi connectivity index (χ1) is 15.8. The summed E-state index contributed by atoms with van der Waals surface area (Å²) in [4.78, 5) is 32.4. The van der Waals surface area contributed by atoms with E-state index < -0.39 is 0 Å². The molecule has 2 aromatic heterocycles. The molecule has 3 atom stereocenters. The summed E-state index contributed by atoms with van der Waals surface area (Å²) >= 11 is 0. The number of hydrogen-bond acceptors (Lipinski definition) is 4. The Balaban J connectivity index is 1.24. The van der Waals surface area contributed by atoms with Crippen molar-refractivity contribution < 1.29 is 9.59 Å². The second-order valence-corrected chi connectivity index (χ2v) is 10.9. The fraction of sp³-hybridized carbons (Fsp3) is 0.654. The van der Waals surface area contributed by atoms with E-state index in [1.165, 1.54) is 19.3 Å². The Morgan fingerprint density at radius 2 is 2.00 bits per heavy atom. The molecule has 3 heterocycles. The third-order valence-electron chi connectivity index (χ3n) is 8.88. The molecule has 3 saturated carbocycles. The van der Waals surface area contributed by atoms with E-state index in [1.807, 2.05) is 40.7 Å². The van der Waals surface area contributed by atoms with E-state index in [1.54, 1.807) is 0 Å². The number of rotatable bonds is 6. The number of amides is 2. The molecule has 1 aliphatic heterocycles. The normalized spacial score (nSPS) is 26.6. The maximum atomic E-state index is 13.1. The Labute approximate surface area is 196 Å². The molecule has 0 radical (unpaired) electrons. The van der Waals surface area contributed by atoms with Gasteiger partial charge in [0, 0.05) is 25.8 Å². The monoisotopic (exact) mass is 451 g/mol. The number of imidazole rings is 1. The number of hydrogen-bond donors (Lipinski definition) is 2. The van der Waals surface area contributed by atoms with Crippen LogP contribution in [0.1, 0.15) is 62.1 Å². The number of aromatic nitrogens is 2. The van der Waals surface area contributed by atoms with Crippen LogP contribution < -0.4 is 10.6 Å². The molecule has 178 valence electrons. The molecule has 2 N–H and O–H groups in total. The zero-order valence-corrected chi connectivity index (χ0v) is 20.1. The molecule has 3 aliphatic carbocycles. The maximum absolute atomic E-state index is 13.1. The van der Waals surface area contributed by atoms with Gasteiger partial charge in [-0.3, -0.25) is 14.0 Å². The summed E-state index contributed by atoms with van der Waals surface area (Å²) in [7, 11) is 1.89. The molecule has 4 fully saturated rings. The van der Waals surface area contributed by atoms with E-state index in [9.17, 15) is 9.59 Å². The molecule has 2 bridgehead atoms. The molecule has 2 aromatic rings. The van der Waals surface area contributed by atoms with Gasteiger partial charge >= 0.3 is 0 Å². The first kappa shape index (κ1) is 22.4. The van der Waals surface area contributed by atoms with Gasteiger partial charge in [-0.25, -0.2) is 4.98 Å². The summed E-state index contributed by atoms with van der Waals surface area (Å²) in [6.45, 7) is 7.41. The van der Waals surface area contributed by atoms with Crippen LogP contribution in [0.2, 0.25) is 0 Å². The quantitative estimate of drug-likeness (QED) is 0.708. The molecule has 2 amide bonds. The van der Waals surface area contributed by atoms with Crippen LogP contribution in [0.4, 0.5) is 0 Å². The van der Waals surface area contributed by atoms with E-state index in [0.717, 1.165) is 44.3 Å². The average molecular weight is 452 g/mol. The maximum Gasteiger partial charge on any atom is 0.268 e. The Bertz CT molecular complexity index is 1040. The number of pyridine rings is 1. The van der Waals surface area contributed by atoms with Crippen molar-refractivity contribution in [3.63, 3.8) is 0 Å². The van der Waals surface area contributed by atoms with Crippen molar-refractivity contribution in [2.24, 2.45) is 23.2 Å². The average Bonchev–Trinajstić information content (AvgIpc) is 3.24. The lowest BCUT2D eigenvalue weighted by atomic mass is 9.45. The lowest BCUT2D eigenvalue weighted by molar-refractivity contribution is -0.131. The van der Waals surface area contributed by atoms with Gasteiger partial charge in [-0.1, -0.05) is 19.9 Å². The van der Waals surface area contributed by atoms with Crippen LogP contribution >= 0.6 is 0 Å². The third kappa shape index (κ3) is 4.16. The minimum atomic E-state index is -0.0676. The summed E-state index contributed by atoms with van der Waals surface area (Å²) < 4.78 is 1.83. The fourth-order valence-electron chi connectivity index (χ4n) is 6.53. The van der Waals surface area contributed by atoms with E-state index in [4.69, 9.17) is 0 Å². The molecular formula is C26H37N5O2. The van der Waals surface area contributed by atoms with Gasteiger partial charge in [-0.2, -0.15) is 0 Å². The lowest BCUT2D eigenvalue weighted by Gasteiger charge is -2.60. The summed E-state index contributed by atoms with van der Waals surface area (Å²) in [5.41, 5.74) is 2.40. The number of piperidine rings is 1. The highest BCUT2D eigenvalue weighted by Crippen LogP contribution is 2.61. The molecule has 7 nitrogen and oxygen atoms in total. The Morgan fingerprint density at radius 3 is 2.73 bits per heavy atom.